The molecule has 1 aliphatic heterocycles. The molecule has 16 heavy (non-hydrogen) atoms. The largest absolute Gasteiger partial charge is 0.392 e. The smallest absolute Gasteiger partial charge is 0.237 e. The van der Waals surface area contributed by atoms with Gasteiger partial charge in [0.15, 0.2) is 0 Å². The Labute approximate surface area is 92.8 Å². The van der Waals surface area contributed by atoms with Crippen LogP contribution in [0, 0.1) is 0 Å². The Morgan fingerprint density at radius 2 is 2.56 bits per heavy atom. The Morgan fingerprint density at radius 3 is 3.19 bits per heavy atom. The van der Waals surface area contributed by atoms with E-state index in [1.165, 1.54) is 0 Å². The molecule has 0 radical (unpaired) electrons. The van der Waals surface area contributed by atoms with Crippen molar-refractivity contribution in [2.24, 2.45) is 0 Å². The maximum absolute atomic E-state index is 11.6. The van der Waals surface area contributed by atoms with Crippen molar-refractivity contribution in [3.8, 4) is 0 Å². The summed E-state index contributed by atoms with van der Waals surface area (Å²) in [5, 5.41) is 22.4. The van der Waals surface area contributed by atoms with Crippen molar-refractivity contribution in [2.75, 3.05) is 13.1 Å². The second-order valence-corrected chi connectivity index (χ2v) is 3.81. The molecular formula is C9H15N5O2. The molecule has 1 fully saturated rings. The third-order valence-electron chi connectivity index (χ3n) is 2.54. The van der Waals surface area contributed by atoms with E-state index in [-0.39, 0.29) is 11.9 Å². The van der Waals surface area contributed by atoms with Gasteiger partial charge < -0.3 is 15.7 Å². The van der Waals surface area contributed by atoms with Crippen LogP contribution in [0.25, 0.3) is 0 Å². The lowest BCUT2D eigenvalue weighted by Gasteiger charge is -2.10. The van der Waals surface area contributed by atoms with E-state index in [0.717, 1.165) is 0 Å². The molecule has 1 saturated heterocycles. The van der Waals surface area contributed by atoms with E-state index >= 15 is 0 Å². The number of hydrogen-bond acceptors (Lipinski definition) is 5. The minimum Gasteiger partial charge on any atom is -0.392 e. The Hall–Kier alpha value is -1.47. The van der Waals surface area contributed by atoms with E-state index in [9.17, 15) is 9.90 Å². The molecule has 0 bridgehead atoms. The summed E-state index contributed by atoms with van der Waals surface area (Å²) >= 11 is 0. The second kappa shape index (κ2) is 5.04. The van der Waals surface area contributed by atoms with Crippen LogP contribution < -0.4 is 10.6 Å². The third kappa shape index (κ3) is 2.77. The number of aliphatic hydroxyl groups is 1. The average molecular weight is 225 g/mol. The van der Waals surface area contributed by atoms with Crippen molar-refractivity contribution < 1.29 is 9.90 Å². The second-order valence-electron chi connectivity index (χ2n) is 3.81. The molecule has 1 amide bonds. The van der Waals surface area contributed by atoms with E-state index in [1.807, 2.05) is 0 Å². The fraction of sp³-hybridized carbons (Fsp3) is 0.667. The zero-order valence-electron chi connectivity index (χ0n) is 8.83. The van der Waals surface area contributed by atoms with Gasteiger partial charge >= 0.3 is 0 Å². The predicted octanol–water partition coefficient (Wildman–Crippen LogP) is -1.88. The Morgan fingerprint density at radius 1 is 1.69 bits per heavy atom. The number of hydrogen-bond donors (Lipinski definition) is 3. The highest BCUT2D eigenvalue weighted by atomic mass is 16.3. The van der Waals surface area contributed by atoms with Gasteiger partial charge in [-0.05, 0) is 6.42 Å². The topological polar surface area (TPSA) is 92.1 Å². The summed E-state index contributed by atoms with van der Waals surface area (Å²) in [4.78, 5) is 11.6. The number of carbonyl (C=O) groups excluding carboxylic acids is 1. The molecule has 1 aliphatic rings. The van der Waals surface area contributed by atoms with Gasteiger partial charge in [0.25, 0.3) is 0 Å². The summed E-state index contributed by atoms with van der Waals surface area (Å²) in [6.07, 6.45) is 3.40. The van der Waals surface area contributed by atoms with Gasteiger partial charge in [0, 0.05) is 19.3 Å². The van der Waals surface area contributed by atoms with Crippen LogP contribution >= 0.6 is 0 Å². The lowest BCUT2D eigenvalue weighted by atomic mass is 10.2. The molecular weight excluding hydrogens is 210 g/mol. The minimum absolute atomic E-state index is 0.0725. The van der Waals surface area contributed by atoms with Crippen LogP contribution in [0.1, 0.15) is 6.42 Å². The molecule has 2 atom stereocenters. The van der Waals surface area contributed by atoms with Gasteiger partial charge in [-0.15, -0.1) is 5.10 Å². The van der Waals surface area contributed by atoms with Crippen molar-refractivity contribution in [1.29, 1.82) is 0 Å². The summed E-state index contributed by atoms with van der Waals surface area (Å²) in [5.74, 6) is -0.0725. The lowest BCUT2D eigenvalue weighted by molar-refractivity contribution is -0.122. The van der Waals surface area contributed by atoms with Crippen LogP contribution in [0.15, 0.2) is 12.4 Å². The van der Waals surface area contributed by atoms with Gasteiger partial charge in [-0.3, -0.25) is 9.48 Å². The fourth-order valence-electron chi connectivity index (χ4n) is 1.69. The molecule has 7 nitrogen and oxygen atoms in total. The van der Waals surface area contributed by atoms with Crippen molar-refractivity contribution in [3.63, 3.8) is 0 Å². The summed E-state index contributed by atoms with van der Waals surface area (Å²) in [6.45, 7) is 1.60. The Kier molecular flexibility index (Phi) is 3.47. The quantitative estimate of drug-likeness (QED) is 0.557. The molecule has 0 saturated carbocycles. The molecule has 0 aromatic carbocycles. The van der Waals surface area contributed by atoms with Gasteiger partial charge in [0.1, 0.15) is 0 Å². The van der Waals surface area contributed by atoms with Crippen LogP contribution in [0.2, 0.25) is 0 Å². The van der Waals surface area contributed by atoms with Gasteiger partial charge in [0.05, 0.1) is 24.9 Å². The zero-order chi connectivity index (χ0) is 11.4. The van der Waals surface area contributed by atoms with Crippen LogP contribution in [0.3, 0.4) is 0 Å². The van der Waals surface area contributed by atoms with E-state index in [0.29, 0.717) is 26.1 Å². The highest BCUT2D eigenvalue weighted by Crippen LogP contribution is 2.05. The lowest BCUT2D eigenvalue weighted by Crippen LogP contribution is -2.41. The first kappa shape index (κ1) is 11.0. The van der Waals surface area contributed by atoms with Crippen LogP contribution in [-0.4, -0.2) is 51.2 Å². The fourth-order valence-corrected chi connectivity index (χ4v) is 1.69. The zero-order valence-corrected chi connectivity index (χ0v) is 8.83. The van der Waals surface area contributed by atoms with E-state index in [1.54, 1.807) is 17.1 Å². The van der Waals surface area contributed by atoms with Crippen molar-refractivity contribution in [1.82, 2.24) is 25.6 Å². The van der Waals surface area contributed by atoms with Crippen LogP contribution in [-0.2, 0) is 11.3 Å². The van der Waals surface area contributed by atoms with Crippen LogP contribution in [0.5, 0.6) is 0 Å². The SMILES string of the molecule is O=C(NCCn1ccnn1)C1CC(O)CN1. The Bertz CT molecular complexity index is 340. The number of carbonyl (C=O) groups is 1. The van der Waals surface area contributed by atoms with E-state index < -0.39 is 6.10 Å². The number of nitrogens with zero attached hydrogens (tertiary/aromatic N) is 3. The standard InChI is InChI=1S/C9H15N5O2/c15-7-5-8(11-6-7)9(16)10-1-3-14-4-2-12-13-14/h2,4,7-8,11,15H,1,3,5-6H2,(H,10,16). The number of β-amino-alcohol motifs (C(OH)–C–C–N with tert-alkyl or cyclic N) is 1. The minimum atomic E-state index is -0.411. The summed E-state index contributed by atoms with van der Waals surface area (Å²) < 4.78 is 1.65. The van der Waals surface area contributed by atoms with Crippen molar-refractivity contribution >= 4 is 5.91 Å². The van der Waals surface area contributed by atoms with E-state index in [2.05, 4.69) is 20.9 Å². The normalized spacial score (nSPS) is 24.6. The number of aliphatic hydroxyl groups excluding tert-OH is 1. The number of aromatic nitrogens is 3. The molecule has 1 aromatic heterocycles. The summed E-state index contributed by atoms with van der Waals surface area (Å²) in [7, 11) is 0. The molecule has 88 valence electrons. The molecule has 2 unspecified atom stereocenters. The number of nitrogens with one attached hydrogen (secondary N) is 2. The van der Waals surface area contributed by atoms with Gasteiger partial charge in [0.2, 0.25) is 5.91 Å². The van der Waals surface area contributed by atoms with Gasteiger partial charge in [-0.25, -0.2) is 0 Å². The van der Waals surface area contributed by atoms with Gasteiger partial charge in [-0.1, -0.05) is 5.21 Å². The molecule has 2 rings (SSSR count). The summed E-state index contributed by atoms with van der Waals surface area (Å²) in [5.41, 5.74) is 0. The number of rotatable bonds is 4. The maximum atomic E-state index is 11.6. The highest BCUT2D eigenvalue weighted by molar-refractivity contribution is 5.82. The van der Waals surface area contributed by atoms with Crippen LogP contribution in [0.4, 0.5) is 0 Å². The predicted molar refractivity (Wildman–Crippen MR) is 55.4 cm³/mol. The van der Waals surface area contributed by atoms with E-state index in [4.69, 9.17) is 0 Å². The molecule has 1 aromatic rings. The first-order chi connectivity index (χ1) is 7.75. The first-order valence-electron chi connectivity index (χ1n) is 5.29. The molecule has 3 N–H and O–H groups in total. The Balaban J connectivity index is 1.68. The van der Waals surface area contributed by atoms with Crippen molar-refractivity contribution in [2.45, 2.75) is 25.1 Å². The maximum Gasteiger partial charge on any atom is 0.237 e. The number of amides is 1. The average Bonchev–Trinajstić information content (AvgIpc) is 2.89. The first-order valence-corrected chi connectivity index (χ1v) is 5.29. The molecule has 7 heteroatoms. The molecule has 2 heterocycles. The van der Waals surface area contributed by atoms with Gasteiger partial charge in [-0.2, -0.15) is 0 Å². The third-order valence-corrected chi connectivity index (χ3v) is 2.54. The monoisotopic (exact) mass is 225 g/mol. The van der Waals surface area contributed by atoms with Crippen molar-refractivity contribution in [3.05, 3.63) is 12.4 Å². The molecule has 0 aliphatic carbocycles. The summed E-state index contributed by atoms with van der Waals surface area (Å²) in [6, 6.07) is -0.272. The molecule has 0 spiro atoms. The highest BCUT2D eigenvalue weighted by Gasteiger charge is 2.27.